The van der Waals surface area contributed by atoms with E-state index in [2.05, 4.69) is 36.8 Å². The first-order valence-corrected chi connectivity index (χ1v) is 6.28. The molecule has 0 aromatic carbocycles. The molecule has 0 N–H and O–H groups in total. The molecule has 3 nitrogen and oxygen atoms in total. The minimum atomic E-state index is 0.286. The van der Waals surface area contributed by atoms with Crippen molar-refractivity contribution < 1.29 is 4.79 Å². The Morgan fingerprint density at radius 2 is 2.12 bits per heavy atom. The molecule has 1 amide bonds. The molecule has 0 aliphatic carbocycles. The molecule has 2 rings (SSSR count). The fourth-order valence-corrected chi connectivity index (χ4v) is 2.71. The zero-order chi connectivity index (χ0) is 11.7. The van der Waals surface area contributed by atoms with Gasteiger partial charge in [-0.05, 0) is 32.4 Å². The summed E-state index contributed by atoms with van der Waals surface area (Å²) in [5, 5.41) is 0. The molecule has 0 saturated carbocycles. The minimum absolute atomic E-state index is 0.286. The first kappa shape index (κ1) is 11.6. The predicted octanol–water partition coefficient (Wildman–Crippen LogP) is 1.51. The third-order valence-corrected chi connectivity index (χ3v) is 3.50. The van der Waals surface area contributed by atoms with Crippen molar-refractivity contribution in [1.82, 2.24) is 9.80 Å². The fraction of sp³-hybridized carbons (Fsp3) is 0.769. The summed E-state index contributed by atoms with van der Waals surface area (Å²) in [6.07, 6.45) is 4.20. The second kappa shape index (κ2) is 4.58. The first-order chi connectivity index (χ1) is 7.58. The third-order valence-electron chi connectivity index (χ3n) is 3.50. The van der Waals surface area contributed by atoms with Gasteiger partial charge in [-0.25, -0.2) is 0 Å². The van der Waals surface area contributed by atoms with Gasteiger partial charge in [0.2, 0.25) is 5.91 Å². The molecule has 2 saturated heterocycles. The maximum absolute atomic E-state index is 12.2. The summed E-state index contributed by atoms with van der Waals surface area (Å²) in [6.45, 7) is 7.35. The Morgan fingerprint density at radius 1 is 1.38 bits per heavy atom. The van der Waals surface area contributed by atoms with Crippen molar-refractivity contribution in [1.29, 1.82) is 0 Å². The molecule has 2 heterocycles. The Hall–Kier alpha value is -0.830. The molecule has 0 aromatic heterocycles. The Kier molecular flexibility index (Phi) is 3.33. The van der Waals surface area contributed by atoms with Gasteiger partial charge >= 0.3 is 0 Å². The summed E-state index contributed by atoms with van der Waals surface area (Å²) in [6, 6.07) is 0.454. The Labute approximate surface area is 98.1 Å². The lowest BCUT2D eigenvalue weighted by Gasteiger charge is -2.23. The van der Waals surface area contributed by atoms with Crippen LogP contribution in [0.15, 0.2) is 11.6 Å². The average molecular weight is 222 g/mol. The molecule has 0 bridgehead atoms. The lowest BCUT2D eigenvalue weighted by Crippen LogP contribution is -2.38. The van der Waals surface area contributed by atoms with Gasteiger partial charge in [-0.1, -0.05) is 19.9 Å². The quantitative estimate of drug-likeness (QED) is 0.661. The van der Waals surface area contributed by atoms with Gasteiger partial charge in [-0.15, -0.1) is 0 Å². The summed E-state index contributed by atoms with van der Waals surface area (Å²) >= 11 is 0. The topological polar surface area (TPSA) is 23.6 Å². The smallest absolute Gasteiger partial charge is 0.249 e. The van der Waals surface area contributed by atoms with Crippen LogP contribution in [-0.2, 0) is 4.79 Å². The van der Waals surface area contributed by atoms with Crippen molar-refractivity contribution in [3.63, 3.8) is 0 Å². The van der Waals surface area contributed by atoms with Gasteiger partial charge in [-0.3, -0.25) is 4.79 Å². The molecule has 3 heteroatoms. The third kappa shape index (κ3) is 2.29. The lowest BCUT2D eigenvalue weighted by molar-refractivity contribution is -0.126. The molecule has 0 aromatic rings. The Morgan fingerprint density at radius 3 is 2.69 bits per heavy atom. The largest absolute Gasteiger partial charge is 0.334 e. The maximum Gasteiger partial charge on any atom is 0.249 e. The summed E-state index contributed by atoms with van der Waals surface area (Å²) in [5.74, 6) is 0.763. The van der Waals surface area contributed by atoms with Crippen LogP contribution in [0.4, 0.5) is 0 Å². The highest BCUT2D eigenvalue weighted by Crippen LogP contribution is 2.25. The maximum atomic E-state index is 12.2. The van der Waals surface area contributed by atoms with Crippen LogP contribution in [0.3, 0.4) is 0 Å². The van der Waals surface area contributed by atoms with Crippen molar-refractivity contribution in [3.8, 4) is 0 Å². The van der Waals surface area contributed by atoms with Crippen LogP contribution >= 0.6 is 0 Å². The van der Waals surface area contributed by atoms with E-state index in [-0.39, 0.29) is 5.91 Å². The van der Waals surface area contributed by atoms with Gasteiger partial charge in [0.05, 0.1) is 0 Å². The van der Waals surface area contributed by atoms with E-state index in [1.165, 1.54) is 0 Å². The van der Waals surface area contributed by atoms with Gasteiger partial charge < -0.3 is 9.80 Å². The fourth-order valence-electron chi connectivity index (χ4n) is 2.71. The van der Waals surface area contributed by atoms with Gasteiger partial charge in [0.1, 0.15) is 0 Å². The lowest BCUT2D eigenvalue weighted by atomic mass is 10.1. The van der Waals surface area contributed by atoms with Crippen LogP contribution in [0.5, 0.6) is 0 Å². The molecular weight excluding hydrogens is 200 g/mol. The number of carbonyl (C=O) groups is 1. The predicted molar refractivity (Wildman–Crippen MR) is 65.2 cm³/mol. The van der Waals surface area contributed by atoms with Crippen LogP contribution in [0, 0.1) is 5.92 Å². The van der Waals surface area contributed by atoms with E-state index in [1.807, 2.05) is 0 Å². The van der Waals surface area contributed by atoms with Gasteiger partial charge in [0, 0.05) is 24.7 Å². The average Bonchev–Trinajstić information content (AvgIpc) is 2.74. The number of allylic oxidation sites excluding steroid dienone is 1. The summed E-state index contributed by atoms with van der Waals surface area (Å²) < 4.78 is 0. The Bertz CT molecular complexity index is 309. The number of likely N-dealkylation sites (N-methyl/N-ethyl adjacent to an activating group) is 1. The van der Waals surface area contributed by atoms with Gasteiger partial charge in [0.25, 0.3) is 0 Å². The van der Waals surface area contributed by atoms with Crippen LogP contribution in [0.25, 0.3) is 0 Å². The second-order valence-electron chi connectivity index (χ2n) is 5.39. The van der Waals surface area contributed by atoms with Gasteiger partial charge in [-0.2, -0.15) is 0 Å². The molecule has 0 spiro atoms. The SMILES string of the molecule is CC(C)/C=C1\CCN(C2CCN(C)C2)C1=O. The minimum Gasteiger partial charge on any atom is -0.334 e. The molecule has 90 valence electrons. The highest BCUT2D eigenvalue weighted by molar-refractivity contribution is 5.95. The van der Waals surface area contributed by atoms with E-state index in [1.54, 1.807) is 0 Å². The monoisotopic (exact) mass is 222 g/mol. The normalized spacial score (nSPS) is 30.0. The van der Waals surface area contributed by atoms with Crippen LogP contribution in [-0.4, -0.2) is 48.4 Å². The molecule has 1 atom stereocenters. The summed E-state index contributed by atoms with van der Waals surface area (Å²) in [5.41, 5.74) is 1.03. The number of amides is 1. The van der Waals surface area contributed by atoms with E-state index in [0.29, 0.717) is 12.0 Å². The molecule has 0 radical (unpaired) electrons. The van der Waals surface area contributed by atoms with Crippen molar-refractivity contribution >= 4 is 5.91 Å². The standard InChI is InChI=1S/C13H22N2O/c1-10(2)8-11-4-7-15(13(11)16)12-5-6-14(3)9-12/h8,10,12H,4-7,9H2,1-3H3/b11-8+. The molecule has 1 unspecified atom stereocenters. The van der Waals surface area contributed by atoms with E-state index in [9.17, 15) is 4.79 Å². The van der Waals surface area contributed by atoms with Crippen molar-refractivity contribution in [2.24, 2.45) is 5.92 Å². The van der Waals surface area contributed by atoms with Crippen molar-refractivity contribution in [2.45, 2.75) is 32.7 Å². The van der Waals surface area contributed by atoms with Crippen LogP contribution < -0.4 is 0 Å². The van der Waals surface area contributed by atoms with Crippen LogP contribution in [0.1, 0.15) is 26.7 Å². The number of rotatable bonds is 2. The second-order valence-corrected chi connectivity index (χ2v) is 5.39. The summed E-state index contributed by atoms with van der Waals surface area (Å²) in [4.78, 5) is 16.6. The van der Waals surface area contributed by atoms with E-state index >= 15 is 0 Å². The molecular formula is C13H22N2O. The van der Waals surface area contributed by atoms with Crippen molar-refractivity contribution in [2.75, 3.05) is 26.7 Å². The number of likely N-dealkylation sites (tertiary alicyclic amines) is 2. The molecule has 2 aliphatic rings. The Balaban J connectivity index is 2.02. The molecule has 2 fully saturated rings. The van der Waals surface area contributed by atoms with E-state index in [0.717, 1.165) is 38.0 Å². The number of hydrogen-bond acceptors (Lipinski definition) is 2. The number of carbonyl (C=O) groups excluding carboxylic acids is 1. The van der Waals surface area contributed by atoms with E-state index in [4.69, 9.17) is 0 Å². The number of nitrogens with zero attached hydrogens (tertiary/aromatic N) is 2. The highest BCUT2D eigenvalue weighted by Gasteiger charge is 2.34. The summed E-state index contributed by atoms with van der Waals surface area (Å²) in [7, 11) is 2.13. The molecule has 16 heavy (non-hydrogen) atoms. The zero-order valence-corrected chi connectivity index (χ0v) is 10.6. The highest BCUT2D eigenvalue weighted by atomic mass is 16.2. The zero-order valence-electron chi connectivity index (χ0n) is 10.6. The van der Waals surface area contributed by atoms with E-state index < -0.39 is 0 Å². The number of hydrogen-bond donors (Lipinski definition) is 0. The molecule has 2 aliphatic heterocycles. The van der Waals surface area contributed by atoms with Gasteiger partial charge in [0.15, 0.2) is 0 Å². The first-order valence-electron chi connectivity index (χ1n) is 6.28. The van der Waals surface area contributed by atoms with Crippen molar-refractivity contribution in [3.05, 3.63) is 11.6 Å². The van der Waals surface area contributed by atoms with Crippen LogP contribution in [0.2, 0.25) is 0 Å².